The Hall–Kier alpha value is -2.48. The van der Waals surface area contributed by atoms with Crippen LogP contribution in [0.4, 0.5) is 15.8 Å². The lowest BCUT2D eigenvalue weighted by molar-refractivity contribution is -0.135. The Morgan fingerprint density at radius 2 is 1.87 bits per heavy atom. The second-order valence-corrected chi connectivity index (χ2v) is 9.27. The lowest BCUT2D eigenvalue weighted by atomic mass is 9.75. The van der Waals surface area contributed by atoms with Gasteiger partial charge in [0.2, 0.25) is 17.7 Å². The van der Waals surface area contributed by atoms with E-state index in [1.54, 1.807) is 18.2 Å². The van der Waals surface area contributed by atoms with E-state index in [1.807, 2.05) is 4.90 Å². The van der Waals surface area contributed by atoms with E-state index in [9.17, 15) is 18.8 Å². The van der Waals surface area contributed by atoms with E-state index in [0.29, 0.717) is 29.2 Å². The maximum Gasteiger partial charge on any atom is 0.250 e. The molecule has 3 saturated heterocycles. The Labute approximate surface area is 186 Å². The van der Waals surface area contributed by atoms with E-state index in [2.05, 4.69) is 5.32 Å². The van der Waals surface area contributed by atoms with Crippen molar-refractivity contribution < 1.29 is 18.8 Å². The molecule has 2 aromatic carbocycles. The van der Waals surface area contributed by atoms with Gasteiger partial charge in [0.15, 0.2) is 0 Å². The Kier molecular flexibility index (Phi) is 3.89. The third-order valence-corrected chi connectivity index (χ3v) is 7.64. The first-order chi connectivity index (χ1) is 14.9. The van der Waals surface area contributed by atoms with Gasteiger partial charge in [0.1, 0.15) is 11.4 Å². The topological polar surface area (TPSA) is 69.7 Å². The summed E-state index contributed by atoms with van der Waals surface area (Å²) in [7, 11) is 0. The van der Waals surface area contributed by atoms with Crippen LogP contribution in [-0.2, 0) is 19.9 Å². The molecule has 3 fully saturated rings. The second kappa shape index (κ2) is 6.28. The number of hydrogen-bond acceptors (Lipinski definition) is 4. The molecule has 0 saturated carbocycles. The summed E-state index contributed by atoms with van der Waals surface area (Å²) in [6.07, 6.45) is 1.53. The number of benzene rings is 2. The van der Waals surface area contributed by atoms with Crippen LogP contribution in [0.15, 0.2) is 36.4 Å². The highest BCUT2D eigenvalue weighted by atomic mass is 35.5. The Morgan fingerprint density at radius 1 is 1.06 bits per heavy atom. The number of nitrogens with one attached hydrogen (secondary N) is 1. The van der Waals surface area contributed by atoms with E-state index in [-0.39, 0.29) is 28.6 Å². The van der Waals surface area contributed by atoms with Gasteiger partial charge >= 0.3 is 0 Å². The van der Waals surface area contributed by atoms with Crippen LogP contribution in [0.25, 0.3) is 0 Å². The molecule has 2 aromatic rings. The molecular weight excluding hydrogens is 444 g/mol. The number of halogens is 3. The summed E-state index contributed by atoms with van der Waals surface area (Å²) in [5, 5.41) is 3.17. The monoisotopic (exact) mass is 459 g/mol. The molecule has 4 aliphatic heterocycles. The van der Waals surface area contributed by atoms with Gasteiger partial charge < -0.3 is 5.32 Å². The van der Waals surface area contributed by atoms with Crippen molar-refractivity contribution in [1.29, 1.82) is 0 Å². The molecule has 1 N–H and O–H groups in total. The number of carbonyl (C=O) groups excluding carboxylic acids is 3. The van der Waals surface area contributed by atoms with Crippen molar-refractivity contribution in [3.63, 3.8) is 0 Å². The summed E-state index contributed by atoms with van der Waals surface area (Å²) < 4.78 is 13.7. The predicted octanol–water partition coefficient (Wildman–Crippen LogP) is 3.56. The molecule has 3 amide bonds. The second-order valence-electron chi connectivity index (χ2n) is 8.43. The average Bonchev–Trinajstić information content (AvgIpc) is 3.43. The van der Waals surface area contributed by atoms with Crippen LogP contribution in [0.3, 0.4) is 0 Å². The Balaban J connectivity index is 1.56. The largest absolute Gasteiger partial charge is 0.324 e. The molecule has 0 aromatic heterocycles. The van der Waals surface area contributed by atoms with Gasteiger partial charge in [0.05, 0.1) is 22.5 Å². The van der Waals surface area contributed by atoms with Gasteiger partial charge in [0, 0.05) is 22.3 Å². The van der Waals surface area contributed by atoms with Crippen LogP contribution < -0.4 is 10.2 Å². The van der Waals surface area contributed by atoms with E-state index >= 15 is 0 Å². The quantitative estimate of drug-likeness (QED) is 0.661. The summed E-state index contributed by atoms with van der Waals surface area (Å²) in [5.74, 6) is -3.38. The fourth-order valence-electron chi connectivity index (χ4n) is 6.05. The Morgan fingerprint density at radius 3 is 2.65 bits per heavy atom. The van der Waals surface area contributed by atoms with Crippen molar-refractivity contribution in [2.24, 2.45) is 11.8 Å². The van der Waals surface area contributed by atoms with Gasteiger partial charge in [-0.3, -0.25) is 19.3 Å². The van der Waals surface area contributed by atoms with Gasteiger partial charge in [-0.2, -0.15) is 0 Å². The highest BCUT2D eigenvalue weighted by molar-refractivity contribution is 6.32. The van der Waals surface area contributed by atoms with Crippen LogP contribution in [0.1, 0.15) is 18.4 Å². The summed E-state index contributed by atoms with van der Waals surface area (Å²) in [4.78, 5) is 43.9. The molecule has 31 heavy (non-hydrogen) atoms. The third kappa shape index (κ3) is 2.24. The van der Waals surface area contributed by atoms with Gasteiger partial charge in [-0.05, 0) is 55.8 Å². The Bertz CT molecular complexity index is 1200. The van der Waals surface area contributed by atoms with Crippen molar-refractivity contribution in [2.75, 3.05) is 16.8 Å². The summed E-state index contributed by atoms with van der Waals surface area (Å²) in [6, 6.07) is 8.63. The molecule has 0 radical (unpaired) electrons. The number of anilines is 2. The first kappa shape index (κ1) is 19.2. The zero-order valence-electron chi connectivity index (χ0n) is 16.1. The highest BCUT2D eigenvalue weighted by Crippen LogP contribution is 2.60. The van der Waals surface area contributed by atoms with Gasteiger partial charge in [0.25, 0.3) is 0 Å². The highest BCUT2D eigenvalue weighted by Gasteiger charge is 2.74. The minimum Gasteiger partial charge on any atom is -0.324 e. The van der Waals surface area contributed by atoms with Crippen LogP contribution in [-0.4, -0.2) is 35.2 Å². The van der Waals surface area contributed by atoms with E-state index in [0.717, 1.165) is 17.4 Å². The SMILES string of the molecule is O=C1[C@@H]2[C@@H](C(=O)N1c1ccc(F)c(Cl)c1)[C@]1(C(=O)Nc3ccc(Cl)cc31)N1CCC[C@@H]21. The normalized spacial score (nSPS) is 31.4. The summed E-state index contributed by atoms with van der Waals surface area (Å²) in [5.41, 5.74) is 0.145. The van der Waals surface area contributed by atoms with Crippen molar-refractivity contribution in [3.8, 4) is 0 Å². The molecule has 1 spiro atoms. The van der Waals surface area contributed by atoms with Crippen molar-refractivity contribution >= 4 is 52.3 Å². The van der Waals surface area contributed by atoms with Crippen LogP contribution in [0.2, 0.25) is 10.0 Å². The number of fused-ring (bicyclic) bond motifs is 7. The fourth-order valence-corrected chi connectivity index (χ4v) is 6.40. The van der Waals surface area contributed by atoms with Crippen LogP contribution in [0.5, 0.6) is 0 Å². The maximum atomic E-state index is 13.8. The third-order valence-electron chi connectivity index (χ3n) is 7.12. The average molecular weight is 460 g/mol. The zero-order valence-corrected chi connectivity index (χ0v) is 17.6. The lowest BCUT2D eigenvalue weighted by Crippen LogP contribution is -2.54. The maximum absolute atomic E-state index is 13.8. The van der Waals surface area contributed by atoms with Crippen LogP contribution in [0, 0.1) is 17.7 Å². The van der Waals surface area contributed by atoms with E-state index in [1.165, 1.54) is 12.1 Å². The standard InChI is InChI=1S/C22H16Cl2FN3O3/c23-10-3-6-15-12(8-10)22(21(31)26-15)18-17(16-2-1-7-27(16)22)19(29)28(20(18)30)11-4-5-14(25)13(24)9-11/h3-6,8-9,16-18H,1-2,7H2,(H,26,31)/t16-,17-,18-,22+/m0/s1. The van der Waals surface area contributed by atoms with Crippen molar-refractivity contribution in [1.82, 2.24) is 4.90 Å². The first-order valence-corrected chi connectivity index (χ1v) is 10.8. The molecule has 6 rings (SSSR count). The summed E-state index contributed by atoms with van der Waals surface area (Å²) in [6.45, 7) is 0.611. The lowest BCUT2D eigenvalue weighted by Gasteiger charge is -2.36. The van der Waals surface area contributed by atoms with Crippen molar-refractivity contribution in [3.05, 3.63) is 57.8 Å². The molecule has 4 atom stereocenters. The van der Waals surface area contributed by atoms with Crippen molar-refractivity contribution in [2.45, 2.75) is 24.4 Å². The van der Waals surface area contributed by atoms with Crippen LogP contribution >= 0.6 is 23.2 Å². The molecule has 0 bridgehead atoms. The number of hydrogen-bond donors (Lipinski definition) is 1. The van der Waals surface area contributed by atoms with Gasteiger partial charge in [-0.1, -0.05) is 23.2 Å². The molecule has 4 heterocycles. The molecular formula is C22H16Cl2FN3O3. The number of nitrogens with zero attached hydrogens (tertiary/aromatic N) is 2. The summed E-state index contributed by atoms with van der Waals surface area (Å²) >= 11 is 12.2. The minimum absolute atomic E-state index is 0.178. The number of rotatable bonds is 1. The molecule has 4 aliphatic rings. The molecule has 0 unspecified atom stereocenters. The van der Waals surface area contributed by atoms with E-state index < -0.39 is 29.1 Å². The van der Waals surface area contributed by atoms with E-state index in [4.69, 9.17) is 23.2 Å². The minimum atomic E-state index is -1.29. The molecule has 9 heteroatoms. The molecule has 6 nitrogen and oxygen atoms in total. The number of amides is 3. The predicted molar refractivity (Wildman–Crippen MR) is 112 cm³/mol. The molecule has 0 aliphatic carbocycles. The first-order valence-electron chi connectivity index (χ1n) is 10.1. The van der Waals surface area contributed by atoms with Gasteiger partial charge in [-0.15, -0.1) is 0 Å². The zero-order chi connectivity index (χ0) is 21.7. The number of imide groups is 1. The van der Waals surface area contributed by atoms with Gasteiger partial charge in [-0.25, -0.2) is 9.29 Å². The molecule has 158 valence electrons. The fraction of sp³-hybridized carbons (Fsp3) is 0.318. The number of carbonyl (C=O) groups is 3. The smallest absolute Gasteiger partial charge is 0.250 e.